The normalized spacial score (nSPS) is 0. The van der Waals surface area contributed by atoms with Crippen molar-refractivity contribution >= 4 is 63.0 Å². The van der Waals surface area contributed by atoms with Gasteiger partial charge in [0.25, 0.3) is 0 Å². The minimum atomic E-state index is 0. The predicted molar refractivity (Wildman–Crippen MR) is 20.6 cm³/mol. The van der Waals surface area contributed by atoms with Crippen molar-refractivity contribution in [3.05, 3.63) is 6.15 Å². The van der Waals surface area contributed by atoms with E-state index in [0.29, 0.717) is 0 Å². The first kappa shape index (κ1) is 37.5. The molecule has 0 atom stereocenters. The van der Waals surface area contributed by atoms with E-state index in [2.05, 4.69) is 0 Å². The Bertz CT molecular complexity index is 8.00. The fraction of sp³-hybridized carbons (Fsp3) is 0. The Balaban J connectivity index is 0. The molecule has 1 nitrogen and oxygen atoms in total. The molecule has 0 aliphatic heterocycles. The Morgan fingerprint density at radius 3 is 1.00 bits per heavy atom. The molecule has 4 heavy (non-hydrogen) atoms. The van der Waals surface area contributed by atoms with Gasteiger partial charge in [-0.15, -0.1) is 0 Å². The maximum absolute atomic E-state index is 0. The van der Waals surface area contributed by atoms with Crippen LogP contribution in [0.5, 0.6) is 0 Å². The van der Waals surface area contributed by atoms with Gasteiger partial charge < -0.3 is 6.15 Å². The molecule has 0 aromatic rings. The van der Waals surface area contributed by atoms with E-state index in [9.17, 15) is 0 Å². The van der Waals surface area contributed by atoms with Crippen molar-refractivity contribution in [2.24, 2.45) is 0 Å². The third-order valence-corrected chi connectivity index (χ3v) is 0. The topological polar surface area (TPSA) is 30.5 Å². The molecule has 0 N–H and O–H groups in total. The first-order valence-electron chi connectivity index (χ1n) is 0. The molecule has 0 amide bonds. The molecule has 14 valence electrons. The van der Waals surface area contributed by atoms with Crippen LogP contribution in [-0.4, -0.2) is 63.0 Å². The van der Waals surface area contributed by atoms with Gasteiger partial charge in [-0.2, -0.15) is 0 Å². The van der Waals surface area contributed by atoms with Crippen LogP contribution in [-0.2, 0) is 0 Å². The molecule has 6 radical (unpaired) electrons. The summed E-state index contributed by atoms with van der Waals surface area (Å²) in [7, 11) is 0. The summed E-state index contributed by atoms with van der Waals surface area (Å²) in [6.07, 6.45) is 0. The zero-order valence-corrected chi connectivity index (χ0v) is 9.05. The first-order valence-corrected chi connectivity index (χ1v) is 0. The molecule has 0 aromatic carbocycles. The van der Waals surface area contributed by atoms with Gasteiger partial charge in [0.15, 0.2) is 0 Å². The zero-order valence-electron chi connectivity index (χ0n) is 2.18. The van der Waals surface area contributed by atoms with E-state index in [-0.39, 0.29) is 69.1 Å². The van der Waals surface area contributed by atoms with Gasteiger partial charge in [0.2, 0.25) is 0 Å². The monoisotopic (exact) mass is 225 g/mol. The molecule has 0 saturated carbocycles. The Labute approximate surface area is 68.5 Å². The fourth-order valence-corrected chi connectivity index (χ4v) is 0. The molecular weight excluding hydrogens is 226 g/mol. The molecule has 0 saturated heterocycles. The summed E-state index contributed by atoms with van der Waals surface area (Å²) in [6.45, 7) is 0. The van der Waals surface area contributed by atoms with Gasteiger partial charge in [-0.05, 0) is 0 Å². The summed E-state index contributed by atoms with van der Waals surface area (Å²) in [4.78, 5) is 0. The van der Waals surface area contributed by atoms with Gasteiger partial charge in [0.05, 0.1) is 0 Å². The Hall–Kier alpha value is 2.00. The van der Waals surface area contributed by atoms with Crippen molar-refractivity contribution in [2.45, 2.75) is 0 Å². The van der Waals surface area contributed by atoms with E-state index in [1.807, 2.05) is 0 Å². The van der Waals surface area contributed by atoms with Crippen LogP contribution in [0.3, 0.4) is 0 Å². The average molecular weight is 226 g/mol. The third-order valence-electron chi connectivity index (χ3n) is 0. The van der Waals surface area contributed by atoms with E-state index in [4.69, 9.17) is 0 Å². The van der Waals surface area contributed by atoms with Crippen LogP contribution < -0.4 is 0 Å². The summed E-state index contributed by atoms with van der Waals surface area (Å²) in [6, 6.07) is 0. The van der Waals surface area contributed by atoms with Crippen molar-refractivity contribution in [1.29, 1.82) is 0 Å². The minimum absolute atomic E-state index is 0. The zero-order chi connectivity index (χ0) is 0. The molecule has 0 aromatic heterocycles. The van der Waals surface area contributed by atoms with E-state index in [0.717, 1.165) is 0 Å². The SMILES string of the molecule is [Al].[Ga+3].[In].[N-3]. The number of rotatable bonds is 0. The summed E-state index contributed by atoms with van der Waals surface area (Å²) in [5.74, 6) is 0. The van der Waals surface area contributed by atoms with Crippen molar-refractivity contribution in [1.82, 2.24) is 0 Å². The molecule has 0 aliphatic carbocycles. The van der Waals surface area contributed by atoms with Gasteiger partial charge in [-0.3, -0.25) is 0 Å². The van der Waals surface area contributed by atoms with Crippen LogP contribution in [0, 0.1) is 0 Å². The number of hydrogen-bond donors (Lipinski definition) is 0. The van der Waals surface area contributed by atoms with E-state index in [1.54, 1.807) is 0 Å². The van der Waals surface area contributed by atoms with Crippen LogP contribution in [0.1, 0.15) is 0 Å². The molecule has 0 heterocycles. The van der Waals surface area contributed by atoms with Crippen molar-refractivity contribution in [2.75, 3.05) is 0 Å². The summed E-state index contributed by atoms with van der Waals surface area (Å²) in [5, 5.41) is 0. The van der Waals surface area contributed by atoms with Gasteiger partial charge in [-0.25, -0.2) is 0 Å². The second-order valence-corrected chi connectivity index (χ2v) is 0. The van der Waals surface area contributed by atoms with Gasteiger partial charge in [-0.1, -0.05) is 0 Å². The van der Waals surface area contributed by atoms with Crippen molar-refractivity contribution in [3.8, 4) is 0 Å². The molecule has 0 bridgehead atoms. The minimum Gasteiger partial charge on any atom is -3.00 e. The maximum Gasteiger partial charge on any atom is 3.00 e. The summed E-state index contributed by atoms with van der Waals surface area (Å²) in [5.41, 5.74) is 0. The van der Waals surface area contributed by atoms with Crippen molar-refractivity contribution < 1.29 is 0 Å². The van der Waals surface area contributed by atoms with Gasteiger partial charge >= 0.3 is 19.8 Å². The maximum atomic E-state index is 0. The van der Waals surface area contributed by atoms with E-state index in [1.165, 1.54) is 0 Å². The predicted octanol–water partition coefficient (Wildman–Crippen LogP) is -0.854. The molecule has 0 aliphatic rings. The van der Waals surface area contributed by atoms with Crippen LogP contribution in [0.2, 0.25) is 0 Å². The summed E-state index contributed by atoms with van der Waals surface area (Å²) >= 11 is 0. The van der Waals surface area contributed by atoms with Gasteiger partial charge in [0, 0.05) is 43.2 Å². The van der Waals surface area contributed by atoms with Crippen LogP contribution in [0.25, 0.3) is 6.15 Å². The fourth-order valence-electron chi connectivity index (χ4n) is 0. The molecule has 4 heteroatoms. The largest absolute Gasteiger partial charge is 3.00 e. The van der Waals surface area contributed by atoms with Crippen LogP contribution in [0.4, 0.5) is 0 Å². The van der Waals surface area contributed by atoms with Gasteiger partial charge in [0.1, 0.15) is 0 Å². The second-order valence-electron chi connectivity index (χ2n) is 0. The van der Waals surface area contributed by atoms with E-state index < -0.39 is 0 Å². The third kappa shape index (κ3) is 9.00. The average Bonchev–Trinajstić information content (AvgIpc) is 0. The molecule has 0 spiro atoms. The standard InChI is InChI=1S/Al.Ga.In.N/q;+3;;-3. The van der Waals surface area contributed by atoms with E-state index >= 15 is 0 Å². The Morgan fingerprint density at radius 1 is 1.00 bits per heavy atom. The second kappa shape index (κ2) is 20.0. The molecule has 0 fully saturated rings. The molecular formula is AlGaInN. The smallest absolute Gasteiger partial charge is 3.00 e. The van der Waals surface area contributed by atoms with Crippen molar-refractivity contribution in [3.63, 3.8) is 0 Å². The quantitative estimate of drug-likeness (QED) is 0.481. The summed E-state index contributed by atoms with van der Waals surface area (Å²) < 4.78 is 0. The molecule has 0 unspecified atom stereocenters. The number of nitrogens with zero attached hydrogens (tertiary/aromatic N) is 1. The van der Waals surface area contributed by atoms with Crippen LogP contribution in [0.15, 0.2) is 0 Å². The van der Waals surface area contributed by atoms with Crippen LogP contribution >= 0.6 is 0 Å². The Morgan fingerprint density at radius 2 is 1.00 bits per heavy atom. The first-order chi connectivity index (χ1) is 0. The molecule has 0 rings (SSSR count). The Kier molecular flexibility index (Phi) is 188. The number of hydrogen-bond acceptors (Lipinski definition) is 0.